The Labute approximate surface area is 102 Å². The topological polar surface area (TPSA) is 22.1 Å². The van der Waals surface area contributed by atoms with Crippen molar-refractivity contribution >= 4 is 22.9 Å². The first-order valence-corrected chi connectivity index (χ1v) is 6.06. The molecule has 0 unspecified atom stereocenters. The standard InChI is InChI=1S/C11H9ClFNOS/c12-6-8-1-2-10(9(13)5-8)15-7-11-14-3-4-16-11/h1-5H,6-7H2. The van der Waals surface area contributed by atoms with Crippen LogP contribution in [0.2, 0.25) is 0 Å². The number of hydrogen-bond donors (Lipinski definition) is 0. The van der Waals surface area contributed by atoms with Crippen LogP contribution in [0.3, 0.4) is 0 Å². The van der Waals surface area contributed by atoms with Gasteiger partial charge in [-0.2, -0.15) is 0 Å². The summed E-state index contributed by atoms with van der Waals surface area (Å²) in [6.45, 7) is 0.287. The molecule has 0 saturated heterocycles. The third-order valence-electron chi connectivity index (χ3n) is 1.99. The zero-order chi connectivity index (χ0) is 11.4. The van der Waals surface area contributed by atoms with E-state index in [2.05, 4.69) is 4.98 Å². The summed E-state index contributed by atoms with van der Waals surface area (Å²) in [5.74, 6) is 0.128. The molecule has 0 aliphatic heterocycles. The van der Waals surface area contributed by atoms with Crippen LogP contribution >= 0.6 is 22.9 Å². The molecule has 0 aliphatic carbocycles. The summed E-state index contributed by atoms with van der Waals surface area (Å²) in [5, 5.41) is 2.67. The van der Waals surface area contributed by atoms with Crippen molar-refractivity contribution in [1.29, 1.82) is 0 Å². The molecule has 0 bridgehead atoms. The number of nitrogens with zero attached hydrogens (tertiary/aromatic N) is 1. The number of hydrogen-bond acceptors (Lipinski definition) is 3. The second-order valence-corrected chi connectivity index (χ2v) is 4.36. The van der Waals surface area contributed by atoms with Gasteiger partial charge in [0.25, 0.3) is 0 Å². The average molecular weight is 258 g/mol. The molecule has 84 valence electrons. The Hall–Kier alpha value is -1.13. The summed E-state index contributed by atoms with van der Waals surface area (Å²) in [7, 11) is 0. The highest BCUT2D eigenvalue weighted by Crippen LogP contribution is 2.20. The second-order valence-electron chi connectivity index (χ2n) is 3.11. The predicted octanol–water partition coefficient (Wildman–Crippen LogP) is 3.60. The van der Waals surface area contributed by atoms with E-state index in [9.17, 15) is 4.39 Å². The SMILES string of the molecule is Fc1cc(CCl)ccc1OCc1nccs1. The lowest BCUT2D eigenvalue weighted by Gasteiger charge is -2.06. The molecule has 0 atom stereocenters. The van der Waals surface area contributed by atoms with Gasteiger partial charge in [-0.15, -0.1) is 22.9 Å². The fourth-order valence-corrected chi connectivity index (χ4v) is 1.90. The average Bonchev–Trinajstić information content (AvgIpc) is 2.80. The minimum absolute atomic E-state index is 0.226. The molecule has 2 aromatic rings. The Morgan fingerprint density at radius 2 is 2.31 bits per heavy atom. The molecule has 0 aliphatic rings. The van der Waals surface area contributed by atoms with Gasteiger partial charge in [0.1, 0.15) is 11.6 Å². The number of benzene rings is 1. The largest absolute Gasteiger partial charge is 0.483 e. The van der Waals surface area contributed by atoms with Crippen molar-refractivity contribution in [3.05, 3.63) is 46.2 Å². The molecule has 2 nitrogen and oxygen atoms in total. The van der Waals surface area contributed by atoms with Gasteiger partial charge >= 0.3 is 0 Å². The lowest BCUT2D eigenvalue weighted by Crippen LogP contribution is -1.97. The molecular formula is C11H9ClFNOS. The van der Waals surface area contributed by atoms with Crippen LogP contribution < -0.4 is 4.74 Å². The fraction of sp³-hybridized carbons (Fsp3) is 0.182. The Kier molecular flexibility index (Phi) is 3.74. The molecule has 2 rings (SSSR count). The van der Waals surface area contributed by atoms with Crippen molar-refractivity contribution in [1.82, 2.24) is 4.98 Å². The monoisotopic (exact) mass is 257 g/mol. The van der Waals surface area contributed by atoms with Gasteiger partial charge < -0.3 is 4.74 Å². The van der Waals surface area contributed by atoms with Crippen LogP contribution in [0, 0.1) is 5.82 Å². The number of halogens is 2. The molecule has 1 aromatic heterocycles. The van der Waals surface area contributed by atoms with Crippen molar-refractivity contribution in [2.75, 3.05) is 0 Å². The lowest BCUT2D eigenvalue weighted by atomic mass is 10.2. The first-order valence-electron chi connectivity index (χ1n) is 4.65. The van der Waals surface area contributed by atoms with Crippen molar-refractivity contribution < 1.29 is 9.13 Å². The number of aromatic nitrogens is 1. The zero-order valence-electron chi connectivity index (χ0n) is 8.32. The number of rotatable bonds is 4. The number of thiazole rings is 1. The summed E-state index contributed by atoms with van der Waals surface area (Å²) in [5.41, 5.74) is 0.737. The van der Waals surface area contributed by atoms with Crippen LogP contribution in [-0.4, -0.2) is 4.98 Å². The molecule has 0 amide bonds. The van der Waals surface area contributed by atoms with Crippen molar-refractivity contribution in [3.63, 3.8) is 0 Å². The summed E-state index contributed by atoms with van der Waals surface area (Å²) < 4.78 is 18.8. The van der Waals surface area contributed by atoms with Crippen LogP contribution in [0.1, 0.15) is 10.6 Å². The van der Waals surface area contributed by atoms with E-state index >= 15 is 0 Å². The van der Waals surface area contributed by atoms with Crippen LogP contribution in [0.4, 0.5) is 4.39 Å². The van der Waals surface area contributed by atoms with Gasteiger partial charge in [-0.1, -0.05) is 6.07 Å². The molecule has 0 N–H and O–H groups in total. The minimum Gasteiger partial charge on any atom is -0.483 e. The van der Waals surface area contributed by atoms with Crippen molar-refractivity contribution in [2.24, 2.45) is 0 Å². The van der Waals surface area contributed by atoms with E-state index in [0.29, 0.717) is 5.88 Å². The van der Waals surface area contributed by atoms with Crippen LogP contribution in [0.5, 0.6) is 5.75 Å². The predicted molar refractivity (Wildman–Crippen MR) is 62.4 cm³/mol. The van der Waals surface area contributed by atoms with Gasteiger partial charge in [-0.05, 0) is 17.7 Å². The van der Waals surface area contributed by atoms with Gasteiger partial charge in [0.15, 0.2) is 11.6 Å². The zero-order valence-corrected chi connectivity index (χ0v) is 9.89. The second kappa shape index (κ2) is 5.27. The molecule has 0 fully saturated rings. The van der Waals surface area contributed by atoms with Gasteiger partial charge in [0.05, 0.1) is 0 Å². The summed E-state index contributed by atoms with van der Waals surface area (Å²) >= 11 is 7.07. The van der Waals surface area contributed by atoms with Crippen LogP contribution in [-0.2, 0) is 12.5 Å². The first kappa shape index (κ1) is 11.4. The van der Waals surface area contributed by atoms with Gasteiger partial charge in [-0.25, -0.2) is 9.37 Å². The Morgan fingerprint density at radius 1 is 1.44 bits per heavy atom. The Bertz CT molecular complexity index is 461. The third kappa shape index (κ3) is 2.71. The number of alkyl halides is 1. The minimum atomic E-state index is -0.394. The normalized spacial score (nSPS) is 10.4. The summed E-state index contributed by atoms with van der Waals surface area (Å²) in [4.78, 5) is 4.04. The fourth-order valence-electron chi connectivity index (χ4n) is 1.21. The first-order chi connectivity index (χ1) is 7.79. The van der Waals surface area contributed by atoms with Gasteiger partial charge in [-0.3, -0.25) is 0 Å². The van der Waals surface area contributed by atoms with Crippen LogP contribution in [0.15, 0.2) is 29.8 Å². The highest BCUT2D eigenvalue weighted by atomic mass is 35.5. The summed E-state index contributed by atoms with van der Waals surface area (Å²) in [6, 6.07) is 4.71. The van der Waals surface area contributed by atoms with E-state index in [1.54, 1.807) is 18.3 Å². The summed E-state index contributed by atoms with van der Waals surface area (Å²) in [6.07, 6.45) is 1.69. The van der Waals surface area contributed by atoms with E-state index in [0.717, 1.165) is 10.6 Å². The molecule has 5 heteroatoms. The van der Waals surface area contributed by atoms with E-state index in [1.165, 1.54) is 17.4 Å². The van der Waals surface area contributed by atoms with Gasteiger partial charge in [0, 0.05) is 17.5 Å². The maximum atomic E-state index is 13.5. The van der Waals surface area contributed by atoms with Gasteiger partial charge in [0.2, 0.25) is 0 Å². The molecule has 0 spiro atoms. The van der Waals surface area contributed by atoms with E-state index in [4.69, 9.17) is 16.3 Å². The van der Waals surface area contributed by atoms with E-state index in [-0.39, 0.29) is 12.4 Å². The molecule has 0 radical (unpaired) electrons. The molecule has 16 heavy (non-hydrogen) atoms. The molecule has 1 heterocycles. The highest BCUT2D eigenvalue weighted by Gasteiger charge is 2.05. The molecular weight excluding hydrogens is 249 g/mol. The smallest absolute Gasteiger partial charge is 0.165 e. The van der Waals surface area contributed by atoms with E-state index in [1.807, 2.05) is 5.38 Å². The Balaban J connectivity index is 2.04. The molecule has 1 aromatic carbocycles. The third-order valence-corrected chi connectivity index (χ3v) is 3.05. The quantitative estimate of drug-likeness (QED) is 0.781. The number of ether oxygens (including phenoxy) is 1. The van der Waals surface area contributed by atoms with Crippen molar-refractivity contribution in [2.45, 2.75) is 12.5 Å². The van der Waals surface area contributed by atoms with Crippen molar-refractivity contribution in [3.8, 4) is 5.75 Å². The maximum Gasteiger partial charge on any atom is 0.165 e. The molecule has 0 saturated carbocycles. The lowest BCUT2D eigenvalue weighted by molar-refractivity contribution is 0.289. The maximum absolute atomic E-state index is 13.5. The Morgan fingerprint density at radius 3 is 2.94 bits per heavy atom. The van der Waals surface area contributed by atoms with Crippen LogP contribution in [0.25, 0.3) is 0 Å². The van der Waals surface area contributed by atoms with E-state index < -0.39 is 5.82 Å². The highest BCUT2D eigenvalue weighted by molar-refractivity contribution is 7.09.